The lowest BCUT2D eigenvalue weighted by Gasteiger charge is -2.19. The summed E-state index contributed by atoms with van der Waals surface area (Å²) in [7, 11) is 0. The Morgan fingerprint density at radius 3 is 2.65 bits per heavy atom. The van der Waals surface area contributed by atoms with E-state index in [1.165, 1.54) is 12.5 Å². The van der Waals surface area contributed by atoms with Gasteiger partial charge in [0.25, 0.3) is 5.91 Å². The number of benzene rings is 1. The van der Waals surface area contributed by atoms with Crippen molar-refractivity contribution in [2.75, 3.05) is 18.5 Å². The van der Waals surface area contributed by atoms with Gasteiger partial charge in [-0.25, -0.2) is 19.6 Å². The molecule has 2 heterocycles. The number of carbonyl (C=O) groups is 3. The minimum absolute atomic E-state index is 0.0702. The molecule has 34 heavy (non-hydrogen) atoms. The largest absolute Gasteiger partial charge is 0.462 e. The lowest BCUT2D eigenvalue weighted by molar-refractivity contribution is -0.112. The molecule has 0 spiro atoms. The fraction of sp³-hybridized carbons (Fsp3) is 0.292. The normalized spacial score (nSPS) is 11.1. The van der Waals surface area contributed by atoms with Crippen molar-refractivity contribution in [1.82, 2.24) is 20.3 Å². The van der Waals surface area contributed by atoms with Crippen LogP contribution in [0.1, 0.15) is 38.1 Å². The highest BCUT2D eigenvalue weighted by Crippen LogP contribution is 2.30. The second-order valence-corrected chi connectivity index (χ2v) is 8.36. The molecule has 2 aromatic heterocycles. The molecule has 3 rings (SSSR count). The average Bonchev–Trinajstić information content (AvgIpc) is 3.21. The van der Waals surface area contributed by atoms with E-state index in [4.69, 9.17) is 9.47 Å². The molecule has 0 aliphatic carbocycles. The fourth-order valence-corrected chi connectivity index (χ4v) is 3.09. The first-order valence-electron chi connectivity index (χ1n) is 10.6. The maximum atomic E-state index is 12.5. The van der Waals surface area contributed by atoms with Gasteiger partial charge in [0.05, 0.1) is 29.8 Å². The van der Waals surface area contributed by atoms with E-state index in [1.54, 1.807) is 52.0 Å². The molecule has 10 heteroatoms. The Bertz CT molecular complexity index is 1240. The van der Waals surface area contributed by atoms with E-state index in [2.05, 4.69) is 32.2 Å². The topological polar surface area (TPSA) is 135 Å². The molecule has 178 valence electrons. The van der Waals surface area contributed by atoms with Crippen molar-refractivity contribution in [2.24, 2.45) is 0 Å². The number of anilines is 1. The Balaban J connectivity index is 1.77. The molecule has 0 fully saturated rings. The highest BCUT2D eigenvalue weighted by atomic mass is 16.6. The maximum absolute atomic E-state index is 12.5. The quantitative estimate of drug-likeness (QED) is 0.356. The third-order valence-corrected chi connectivity index (χ3v) is 4.53. The molecule has 0 saturated heterocycles. The third-order valence-electron chi connectivity index (χ3n) is 4.53. The smallest absolute Gasteiger partial charge is 0.407 e. The number of hydrogen-bond acceptors (Lipinski definition) is 7. The minimum Gasteiger partial charge on any atom is -0.462 e. The number of nitrogens with zero attached hydrogens (tertiary/aromatic N) is 2. The molecule has 1 aromatic carbocycles. The number of aromatic nitrogens is 3. The van der Waals surface area contributed by atoms with Crippen LogP contribution in [0.15, 0.2) is 48.9 Å². The predicted molar refractivity (Wildman–Crippen MR) is 127 cm³/mol. The highest BCUT2D eigenvalue weighted by Gasteiger charge is 2.20. The third kappa shape index (κ3) is 5.97. The van der Waals surface area contributed by atoms with E-state index in [0.717, 1.165) is 0 Å². The minimum atomic E-state index is -0.646. The highest BCUT2D eigenvalue weighted by molar-refractivity contribution is 6.08. The van der Waals surface area contributed by atoms with Gasteiger partial charge in [0.2, 0.25) is 0 Å². The van der Waals surface area contributed by atoms with Crippen LogP contribution in [0.2, 0.25) is 0 Å². The van der Waals surface area contributed by atoms with Gasteiger partial charge < -0.3 is 25.1 Å². The van der Waals surface area contributed by atoms with Crippen LogP contribution < -0.4 is 10.6 Å². The molecular formula is C24H27N5O5. The Hall–Kier alpha value is -4.21. The number of nitrogens with one attached hydrogen (secondary N) is 3. The number of H-pyrrole nitrogens is 1. The number of ether oxygens (including phenoxy) is 2. The summed E-state index contributed by atoms with van der Waals surface area (Å²) in [5.41, 5.74) is 1.97. The lowest BCUT2D eigenvalue weighted by Crippen LogP contribution is -2.35. The first-order chi connectivity index (χ1) is 16.1. The van der Waals surface area contributed by atoms with E-state index in [-0.39, 0.29) is 18.7 Å². The van der Waals surface area contributed by atoms with E-state index in [0.29, 0.717) is 33.5 Å². The maximum Gasteiger partial charge on any atom is 0.407 e. The van der Waals surface area contributed by atoms with Crippen LogP contribution in [0.5, 0.6) is 0 Å². The number of carbonyl (C=O) groups excluding carboxylic acids is 3. The van der Waals surface area contributed by atoms with E-state index < -0.39 is 23.6 Å². The summed E-state index contributed by atoms with van der Waals surface area (Å²) in [5.74, 6) is -0.946. The Labute approximate surface area is 196 Å². The van der Waals surface area contributed by atoms with Gasteiger partial charge in [0.15, 0.2) is 0 Å². The molecular weight excluding hydrogens is 438 g/mol. The Morgan fingerprint density at radius 2 is 1.94 bits per heavy atom. The van der Waals surface area contributed by atoms with Gasteiger partial charge >= 0.3 is 12.1 Å². The zero-order chi connectivity index (χ0) is 24.9. The fourth-order valence-electron chi connectivity index (χ4n) is 3.09. The summed E-state index contributed by atoms with van der Waals surface area (Å²) >= 11 is 0. The van der Waals surface area contributed by atoms with Crippen LogP contribution >= 0.6 is 0 Å². The van der Waals surface area contributed by atoms with E-state index in [1.807, 2.05) is 0 Å². The molecule has 10 nitrogen and oxygen atoms in total. The van der Waals surface area contributed by atoms with Gasteiger partial charge in [-0.15, -0.1) is 0 Å². The van der Waals surface area contributed by atoms with Crippen molar-refractivity contribution >= 4 is 34.7 Å². The summed E-state index contributed by atoms with van der Waals surface area (Å²) in [6, 6.07) is 6.98. The average molecular weight is 466 g/mol. The van der Waals surface area contributed by atoms with Crippen LogP contribution in [-0.2, 0) is 14.3 Å². The van der Waals surface area contributed by atoms with E-state index in [9.17, 15) is 14.4 Å². The lowest BCUT2D eigenvalue weighted by atomic mass is 10.1. The van der Waals surface area contributed by atoms with Crippen LogP contribution in [0, 0.1) is 0 Å². The summed E-state index contributed by atoms with van der Waals surface area (Å²) in [6.07, 6.45) is 2.28. The number of hydrogen-bond donors (Lipinski definition) is 3. The zero-order valence-corrected chi connectivity index (χ0v) is 19.5. The molecule has 0 unspecified atom stereocenters. The van der Waals surface area contributed by atoms with Crippen molar-refractivity contribution in [1.29, 1.82) is 0 Å². The summed E-state index contributed by atoms with van der Waals surface area (Å²) in [6.45, 7) is 10.9. The predicted octanol–water partition coefficient (Wildman–Crippen LogP) is 3.82. The second kappa shape index (κ2) is 10.2. The molecule has 0 aliphatic rings. The molecule has 0 radical (unpaired) electrons. The molecule has 0 bridgehead atoms. The van der Waals surface area contributed by atoms with Crippen LogP contribution in [0.4, 0.5) is 10.5 Å². The number of fused-ring (bicyclic) bond motifs is 1. The van der Waals surface area contributed by atoms with Crippen LogP contribution in [0.25, 0.3) is 22.3 Å². The molecule has 2 amide bonds. The number of rotatable bonds is 7. The van der Waals surface area contributed by atoms with Gasteiger partial charge in [0.1, 0.15) is 17.6 Å². The molecule has 0 aliphatic heterocycles. The monoisotopic (exact) mass is 465 g/mol. The molecule has 3 aromatic rings. The summed E-state index contributed by atoms with van der Waals surface area (Å²) in [5, 5.41) is 5.77. The summed E-state index contributed by atoms with van der Waals surface area (Å²) < 4.78 is 10.3. The standard InChI is InChI=1S/C24H27N5O5/c1-6-33-22(31)17-12-25-20-18(17)19(27-13-28-20)15-8-7-9-16(10-15)29-21(30)14(2)11-26-23(32)34-24(3,4)5/h7-10,12-13H,2,6,11H2,1,3-5H3,(H,26,32)(H,29,30)(H,25,27,28). The molecule has 0 saturated carbocycles. The van der Waals surface area contributed by atoms with Gasteiger partial charge in [-0.3, -0.25) is 4.79 Å². The summed E-state index contributed by atoms with van der Waals surface area (Å²) in [4.78, 5) is 48.2. The van der Waals surface area contributed by atoms with Gasteiger partial charge in [-0.05, 0) is 39.8 Å². The van der Waals surface area contributed by atoms with Crippen molar-refractivity contribution in [2.45, 2.75) is 33.3 Å². The number of aromatic amines is 1. The number of amides is 2. The van der Waals surface area contributed by atoms with E-state index >= 15 is 0 Å². The first-order valence-corrected chi connectivity index (χ1v) is 10.6. The zero-order valence-electron chi connectivity index (χ0n) is 19.5. The van der Waals surface area contributed by atoms with Gasteiger partial charge in [0, 0.05) is 23.0 Å². The second-order valence-electron chi connectivity index (χ2n) is 8.36. The Morgan fingerprint density at radius 1 is 1.18 bits per heavy atom. The van der Waals surface area contributed by atoms with Crippen molar-refractivity contribution in [3.05, 3.63) is 54.5 Å². The number of esters is 1. The first kappa shape index (κ1) is 24.4. The van der Waals surface area contributed by atoms with Crippen molar-refractivity contribution in [3.8, 4) is 11.3 Å². The molecule has 0 atom stereocenters. The number of alkyl carbamates (subject to hydrolysis) is 1. The molecule has 3 N–H and O–H groups in total. The van der Waals surface area contributed by atoms with Gasteiger partial charge in [-0.1, -0.05) is 18.7 Å². The van der Waals surface area contributed by atoms with Crippen LogP contribution in [-0.4, -0.2) is 51.7 Å². The van der Waals surface area contributed by atoms with Crippen molar-refractivity contribution < 1.29 is 23.9 Å². The Kier molecular flexibility index (Phi) is 7.30. The van der Waals surface area contributed by atoms with Crippen molar-refractivity contribution in [3.63, 3.8) is 0 Å². The van der Waals surface area contributed by atoms with Gasteiger partial charge in [-0.2, -0.15) is 0 Å². The SMILES string of the molecule is C=C(CNC(=O)OC(C)(C)C)C(=O)Nc1cccc(-c2ncnc3[nH]cc(C(=O)OCC)c23)c1. The van der Waals surface area contributed by atoms with Crippen LogP contribution in [0.3, 0.4) is 0 Å².